The van der Waals surface area contributed by atoms with Crippen LogP contribution in [0, 0.1) is 5.82 Å². The van der Waals surface area contributed by atoms with Crippen molar-refractivity contribution in [2.75, 3.05) is 11.9 Å². The average Bonchev–Trinajstić information content (AvgIpc) is 2.48. The molecule has 2 aromatic rings. The normalized spacial score (nSPS) is 9.91. The van der Waals surface area contributed by atoms with Crippen LogP contribution >= 0.6 is 12.2 Å². The monoisotopic (exact) mass is 318 g/mol. The second-order valence-electron chi connectivity index (χ2n) is 4.35. The molecule has 0 saturated carbocycles. The molecule has 0 radical (unpaired) electrons. The number of amides is 1. The first-order valence-corrected chi connectivity index (χ1v) is 7.10. The minimum atomic E-state index is -0.600. The lowest BCUT2D eigenvalue weighted by Gasteiger charge is -2.11. The van der Waals surface area contributed by atoms with Crippen molar-refractivity contribution in [1.29, 1.82) is 0 Å². The van der Waals surface area contributed by atoms with E-state index in [1.807, 2.05) is 13.0 Å². The van der Waals surface area contributed by atoms with Crippen LogP contribution in [0.25, 0.3) is 0 Å². The van der Waals surface area contributed by atoms with E-state index in [0.717, 1.165) is 0 Å². The fourth-order valence-electron chi connectivity index (χ4n) is 1.81. The van der Waals surface area contributed by atoms with Gasteiger partial charge in [-0.25, -0.2) is 4.39 Å². The summed E-state index contributed by atoms with van der Waals surface area (Å²) >= 11 is 5.06. The van der Waals surface area contributed by atoms with Gasteiger partial charge >= 0.3 is 0 Å². The maximum atomic E-state index is 13.5. The number of thiocarbonyl (C=S) groups is 1. The zero-order valence-electron chi connectivity index (χ0n) is 11.9. The van der Waals surface area contributed by atoms with Gasteiger partial charge in [0.15, 0.2) is 5.11 Å². The SMILES string of the molecule is CCOc1cccc(NC(=S)NC(=O)c2ccccc2F)c1. The van der Waals surface area contributed by atoms with E-state index in [9.17, 15) is 9.18 Å². The van der Waals surface area contributed by atoms with Crippen LogP contribution in [-0.2, 0) is 0 Å². The summed E-state index contributed by atoms with van der Waals surface area (Å²) in [5.41, 5.74) is 0.611. The standard InChI is InChI=1S/C16H15FN2O2S/c1-2-21-12-7-5-6-11(10-12)18-16(22)19-15(20)13-8-3-4-9-14(13)17/h3-10H,2H2,1H3,(H2,18,19,20,22). The lowest BCUT2D eigenvalue weighted by molar-refractivity contribution is 0.0974. The maximum Gasteiger partial charge on any atom is 0.260 e. The molecule has 4 nitrogen and oxygen atoms in total. The molecule has 0 saturated heterocycles. The predicted molar refractivity (Wildman–Crippen MR) is 87.7 cm³/mol. The van der Waals surface area contributed by atoms with E-state index in [4.69, 9.17) is 17.0 Å². The van der Waals surface area contributed by atoms with Crippen LogP contribution in [0.15, 0.2) is 48.5 Å². The third kappa shape index (κ3) is 4.26. The molecule has 2 N–H and O–H groups in total. The van der Waals surface area contributed by atoms with Crippen LogP contribution in [-0.4, -0.2) is 17.6 Å². The van der Waals surface area contributed by atoms with Crippen LogP contribution in [0.1, 0.15) is 17.3 Å². The Bertz CT molecular complexity index is 691. The second-order valence-corrected chi connectivity index (χ2v) is 4.76. The summed E-state index contributed by atoms with van der Waals surface area (Å²) in [4.78, 5) is 11.9. The van der Waals surface area contributed by atoms with Crippen molar-refractivity contribution < 1.29 is 13.9 Å². The molecule has 6 heteroatoms. The van der Waals surface area contributed by atoms with Gasteiger partial charge in [0, 0.05) is 11.8 Å². The molecule has 0 aliphatic heterocycles. The van der Waals surface area contributed by atoms with Gasteiger partial charge in [0.05, 0.1) is 12.2 Å². The Kier molecular flexibility index (Phi) is 5.43. The second kappa shape index (κ2) is 7.51. The molecule has 0 bridgehead atoms. The third-order valence-electron chi connectivity index (χ3n) is 2.75. The Balaban J connectivity index is 2.00. The molecule has 22 heavy (non-hydrogen) atoms. The van der Waals surface area contributed by atoms with Gasteiger partial charge in [-0.1, -0.05) is 18.2 Å². The van der Waals surface area contributed by atoms with Gasteiger partial charge in [-0.15, -0.1) is 0 Å². The van der Waals surface area contributed by atoms with Gasteiger partial charge in [-0.05, 0) is 43.4 Å². The first-order chi connectivity index (χ1) is 10.6. The highest BCUT2D eigenvalue weighted by Crippen LogP contribution is 2.17. The molecule has 0 aliphatic carbocycles. The fraction of sp³-hybridized carbons (Fsp3) is 0.125. The summed E-state index contributed by atoms with van der Waals surface area (Å²) in [6.07, 6.45) is 0. The number of benzene rings is 2. The topological polar surface area (TPSA) is 50.4 Å². The summed E-state index contributed by atoms with van der Waals surface area (Å²) in [5.74, 6) is -0.506. The van der Waals surface area contributed by atoms with E-state index in [1.54, 1.807) is 24.3 Å². The zero-order chi connectivity index (χ0) is 15.9. The van der Waals surface area contributed by atoms with Crippen LogP contribution in [0.4, 0.5) is 10.1 Å². The van der Waals surface area contributed by atoms with Gasteiger partial charge in [0.25, 0.3) is 5.91 Å². The molecule has 0 heterocycles. The number of nitrogens with one attached hydrogen (secondary N) is 2. The number of anilines is 1. The first-order valence-electron chi connectivity index (χ1n) is 6.70. The summed E-state index contributed by atoms with van der Waals surface area (Å²) in [6.45, 7) is 2.44. The summed E-state index contributed by atoms with van der Waals surface area (Å²) in [5, 5.41) is 5.38. The lowest BCUT2D eigenvalue weighted by atomic mass is 10.2. The van der Waals surface area contributed by atoms with Crippen molar-refractivity contribution in [1.82, 2.24) is 5.32 Å². The van der Waals surface area contributed by atoms with Crippen molar-refractivity contribution in [3.63, 3.8) is 0 Å². The van der Waals surface area contributed by atoms with E-state index < -0.39 is 11.7 Å². The van der Waals surface area contributed by atoms with Crippen molar-refractivity contribution in [3.8, 4) is 5.75 Å². The molecule has 0 unspecified atom stereocenters. The number of rotatable bonds is 4. The molecule has 0 aromatic heterocycles. The number of hydrogen-bond acceptors (Lipinski definition) is 3. The van der Waals surface area contributed by atoms with Crippen LogP contribution in [0.2, 0.25) is 0 Å². The summed E-state index contributed by atoms with van der Waals surface area (Å²) in [6, 6.07) is 12.9. The molecular formula is C16H15FN2O2S. The smallest absolute Gasteiger partial charge is 0.260 e. The number of hydrogen-bond donors (Lipinski definition) is 2. The molecule has 114 valence electrons. The van der Waals surface area contributed by atoms with Crippen molar-refractivity contribution in [2.45, 2.75) is 6.92 Å². The third-order valence-corrected chi connectivity index (χ3v) is 2.95. The molecular weight excluding hydrogens is 303 g/mol. The van der Waals surface area contributed by atoms with Gasteiger partial charge in [0.1, 0.15) is 11.6 Å². The Morgan fingerprint density at radius 2 is 2.00 bits per heavy atom. The van der Waals surface area contributed by atoms with Crippen molar-refractivity contribution in [2.24, 2.45) is 0 Å². The highest BCUT2D eigenvalue weighted by Gasteiger charge is 2.12. The lowest BCUT2D eigenvalue weighted by Crippen LogP contribution is -2.34. The summed E-state index contributed by atoms with van der Waals surface area (Å²) in [7, 11) is 0. The fourth-order valence-corrected chi connectivity index (χ4v) is 2.02. The Morgan fingerprint density at radius 1 is 1.23 bits per heavy atom. The van der Waals surface area contributed by atoms with E-state index >= 15 is 0 Å². The molecule has 1 amide bonds. The number of halogens is 1. The average molecular weight is 318 g/mol. The molecule has 0 atom stereocenters. The van der Waals surface area contributed by atoms with Gasteiger partial charge < -0.3 is 10.1 Å². The van der Waals surface area contributed by atoms with E-state index in [0.29, 0.717) is 18.0 Å². The van der Waals surface area contributed by atoms with Crippen molar-refractivity contribution >= 4 is 28.9 Å². The number of carbonyl (C=O) groups excluding carboxylic acids is 1. The Hall–Kier alpha value is -2.47. The van der Waals surface area contributed by atoms with E-state index in [-0.39, 0.29) is 10.7 Å². The summed E-state index contributed by atoms with van der Waals surface area (Å²) < 4.78 is 18.9. The minimum absolute atomic E-state index is 0.0604. The van der Waals surface area contributed by atoms with E-state index in [2.05, 4.69) is 10.6 Å². The minimum Gasteiger partial charge on any atom is -0.494 e. The molecule has 0 spiro atoms. The molecule has 2 aromatic carbocycles. The zero-order valence-corrected chi connectivity index (χ0v) is 12.7. The Morgan fingerprint density at radius 3 is 2.73 bits per heavy atom. The largest absolute Gasteiger partial charge is 0.494 e. The molecule has 0 aliphatic rings. The predicted octanol–water partition coefficient (Wildman–Crippen LogP) is 3.35. The van der Waals surface area contributed by atoms with Gasteiger partial charge in [0.2, 0.25) is 0 Å². The molecule has 2 rings (SSSR count). The van der Waals surface area contributed by atoms with Crippen LogP contribution in [0.3, 0.4) is 0 Å². The first kappa shape index (κ1) is 15.9. The highest BCUT2D eigenvalue weighted by atomic mass is 32.1. The number of carbonyl (C=O) groups is 1. The van der Waals surface area contributed by atoms with Gasteiger partial charge in [-0.2, -0.15) is 0 Å². The highest BCUT2D eigenvalue weighted by molar-refractivity contribution is 7.80. The Labute approximate surface area is 133 Å². The van der Waals surface area contributed by atoms with E-state index in [1.165, 1.54) is 18.2 Å². The maximum absolute atomic E-state index is 13.5. The number of ether oxygens (including phenoxy) is 1. The van der Waals surface area contributed by atoms with Crippen molar-refractivity contribution in [3.05, 3.63) is 59.9 Å². The van der Waals surface area contributed by atoms with Gasteiger partial charge in [-0.3, -0.25) is 10.1 Å². The van der Waals surface area contributed by atoms with Crippen LogP contribution < -0.4 is 15.4 Å². The van der Waals surface area contributed by atoms with Crippen LogP contribution in [0.5, 0.6) is 5.75 Å². The molecule has 0 fully saturated rings. The quantitative estimate of drug-likeness (QED) is 0.849.